The summed E-state index contributed by atoms with van der Waals surface area (Å²) < 4.78 is 18.9. The second-order valence-corrected chi connectivity index (χ2v) is 6.53. The third-order valence-electron chi connectivity index (χ3n) is 4.67. The fourth-order valence-electron chi connectivity index (χ4n) is 3.39. The molecule has 26 heavy (non-hydrogen) atoms. The molecule has 1 aromatic carbocycles. The van der Waals surface area contributed by atoms with Crippen LogP contribution in [0, 0.1) is 24.1 Å². The number of aliphatic hydroxyl groups is 1. The average Bonchev–Trinajstić information content (AvgIpc) is 3.19. The van der Waals surface area contributed by atoms with Crippen LogP contribution in [0.5, 0.6) is 0 Å². The monoisotopic (exact) mass is 359 g/mol. The van der Waals surface area contributed by atoms with Gasteiger partial charge in [-0.1, -0.05) is 13.0 Å². The minimum absolute atomic E-state index is 0.0424. The Bertz CT molecular complexity index is 803. The average molecular weight is 359 g/mol. The molecule has 1 aliphatic heterocycles. The molecular weight excluding hydrogens is 337 g/mol. The van der Waals surface area contributed by atoms with Crippen molar-refractivity contribution in [3.8, 4) is 6.07 Å². The van der Waals surface area contributed by atoms with Crippen LogP contribution in [-0.2, 0) is 13.1 Å². The molecule has 2 aromatic rings. The largest absolute Gasteiger partial charge is 0.424 e. The number of β-amino-alcohol motifs (C(OH)–C–C–N with tert-alkyl or cyclic N) is 1. The first-order chi connectivity index (χ1) is 12.5. The van der Waals surface area contributed by atoms with Crippen molar-refractivity contribution in [2.45, 2.75) is 39.1 Å². The van der Waals surface area contributed by atoms with Crippen molar-refractivity contribution < 1.29 is 13.9 Å². The maximum absolute atomic E-state index is 13.5. The molecule has 7 nitrogen and oxygen atoms in total. The van der Waals surface area contributed by atoms with E-state index in [1.165, 1.54) is 6.07 Å². The van der Waals surface area contributed by atoms with Crippen LogP contribution in [0.15, 0.2) is 22.6 Å². The number of aryl methyl sites for hydroxylation is 1. The summed E-state index contributed by atoms with van der Waals surface area (Å²) in [6.07, 6.45) is -0.505. The van der Waals surface area contributed by atoms with E-state index in [4.69, 9.17) is 9.68 Å². The second kappa shape index (κ2) is 7.91. The third-order valence-corrected chi connectivity index (χ3v) is 4.67. The molecule has 1 fully saturated rings. The van der Waals surface area contributed by atoms with E-state index >= 15 is 0 Å². The van der Waals surface area contributed by atoms with Gasteiger partial charge in [-0.15, -0.1) is 10.2 Å². The van der Waals surface area contributed by atoms with E-state index in [0.29, 0.717) is 38.0 Å². The van der Waals surface area contributed by atoms with Gasteiger partial charge in [-0.05, 0) is 24.2 Å². The molecule has 1 unspecified atom stereocenters. The fourth-order valence-corrected chi connectivity index (χ4v) is 3.39. The molecule has 0 bridgehead atoms. The number of likely N-dealkylation sites (tertiary alicyclic amines) is 1. The minimum Gasteiger partial charge on any atom is -0.424 e. The van der Waals surface area contributed by atoms with E-state index in [1.807, 2.05) is 13.0 Å². The van der Waals surface area contributed by atoms with Gasteiger partial charge in [0.25, 0.3) is 0 Å². The Morgan fingerprint density at radius 2 is 2.23 bits per heavy atom. The standard InChI is InChI=1S/C18H22FN5O2/c1-3-24(11-18-22-21-12(2)26-18)16-9-23(10-17(16)25)8-13-4-5-15(19)14(6-13)7-20/h4-6,16-17,25H,3,8-11H2,1-2H3/t16?,17-/m1/s1. The highest BCUT2D eigenvalue weighted by atomic mass is 19.1. The predicted octanol–water partition coefficient (Wildman–Crippen LogP) is 1.46. The van der Waals surface area contributed by atoms with Crippen molar-refractivity contribution in [2.24, 2.45) is 0 Å². The minimum atomic E-state index is -0.511. The molecule has 2 atom stereocenters. The Morgan fingerprint density at radius 1 is 1.42 bits per heavy atom. The van der Waals surface area contributed by atoms with E-state index in [-0.39, 0.29) is 11.6 Å². The van der Waals surface area contributed by atoms with Crippen LogP contribution in [0.2, 0.25) is 0 Å². The number of aromatic nitrogens is 2. The van der Waals surface area contributed by atoms with Crippen LogP contribution in [-0.4, -0.2) is 56.9 Å². The van der Waals surface area contributed by atoms with E-state index < -0.39 is 11.9 Å². The molecule has 0 radical (unpaired) electrons. The molecule has 0 saturated carbocycles. The van der Waals surface area contributed by atoms with Gasteiger partial charge in [-0.25, -0.2) is 4.39 Å². The Morgan fingerprint density at radius 3 is 2.88 bits per heavy atom. The number of hydrogen-bond donors (Lipinski definition) is 1. The summed E-state index contributed by atoms with van der Waals surface area (Å²) in [6.45, 7) is 6.74. The molecule has 0 spiro atoms. The smallest absolute Gasteiger partial charge is 0.230 e. The molecule has 2 heterocycles. The second-order valence-electron chi connectivity index (χ2n) is 6.53. The van der Waals surface area contributed by atoms with Gasteiger partial charge in [0, 0.05) is 26.6 Å². The van der Waals surface area contributed by atoms with Crippen LogP contribution in [0.1, 0.15) is 29.8 Å². The zero-order chi connectivity index (χ0) is 18.7. The predicted molar refractivity (Wildman–Crippen MR) is 91.3 cm³/mol. The first-order valence-corrected chi connectivity index (χ1v) is 8.62. The van der Waals surface area contributed by atoms with Crippen LogP contribution >= 0.6 is 0 Å². The summed E-state index contributed by atoms with van der Waals surface area (Å²) in [4.78, 5) is 4.22. The van der Waals surface area contributed by atoms with Crippen molar-refractivity contribution in [2.75, 3.05) is 19.6 Å². The van der Waals surface area contributed by atoms with E-state index in [0.717, 1.165) is 12.1 Å². The lowest BCUT2D eigenvalue weighted by atomic mass is 10.1. The summed E-state index contributed by atoms with van der Waals surface area (Å²) in [5.74, 6) is 0.545. The number of rotatable bonds is 6. The lowest BCUT2D eigenvalue weighted by Gasteiger charge is -2.28. The molecule has 1 N–H and O–H groups in total. The lowest BCUT2D eigenvalue weighted by molar-refractivity contribution is 0.0760. The van der Waals surface area contributed by atoms with Crippen LogP contribution in [0.4, 0.5) is 4.39 Å². The summed E-state index contributed by atoms with van der Waals surface area (Å²) in [5.41, 5.74) is 0.895. The Balaban J connectivity index is 1.65. The number of hydrogen-bond acceptors (Lipinski definition) is 7. The highest BCUT2D eigenvalue weighted by Crippen LogP contribution is 2.21. The normalized spacial score (nSPS) is 20.6. The maximum Gasteiger partial charge on any atom is 0.230 e. The van der Waals surface area contributed by atoms with Crippen molar-refractivity contribution in [3.05, 3.63) is 46.9 Å². The topological polar surface area (TPSA) is 89.4 Å². The van der Waals surface area contributed by atoms with Crippen LogP contribution in [0.3, 0.4) is 0 Å². The van der Waals surface area contributed by atoms with Gasteiger partial charge in [0.05, 0.1) is 24.3 Å². The Hall–Kier alpha value is -2.34. The van der Waals surface area contributed by atoms with Gasteiger partial charge in [0.15, 0.2) is 0 Å². The first-order valence-electron chi connectivity index (χ1n) is 8.62. The summed E-state index contributed by atoms with van der Waals surface area (Å²) in [5, 5.41) is 27.3. The van der Waals surface area contributed by atoms with Crippen molar-refractivity contribution in [1.82, 2.24) is 20.0 Å². The first kappa shape index (κ1) is 18.5. The van der Waals surface area contributed by atoms with E-state index in [2.05, 4.69) is 20.0 Å². The highest BCUT2D eigenvalue weighted by molar-refractivity contribution is 5.34. The van der Waals surface area contributed by atoms with E-state index in [1.54, 1.807) is 19.1 Å². The van der Waals surface area contributed by atoms with Gasteiger partial charge < -0.3 is 9.52 Å². The molecular formula is C18H22FN5O2. The number of benzene rings is 1. The van der Waals surface area contributed by atoms with Crippen LogP contribution < -0.4 is 0 Å². The fraction of sp³-hybridized carbons (Fsp3) is 0.500. The molecule has 1 aliphatic rings. The Labute approximate surface area is 151 Å². The summed E-state index contributed by atoms with van der Waals surface area (Å²) >= 11 is 0. The van der Waals surface area contributed by atoms with Crippen molar-refractivity contribution >= 4 is 0 Å². The lowest BCUT2D eigenvalue weighted by Crippen LogP contribution is -2.42. The van der Waals surface area contributed by atoms with Crippen molar-refractivity contribution in [1.29, 1.82) is 5.26 Å². The van der Waals surface area contributed by atoms with Gasteiger partial charge in [-0.2, -0.15) is 5.26 Å². The number of nitriles is 1. The Kier molecular flexibility index (Phi) is 5.61. The summed E-state index contributed by atoms with van der Waals surface area (Å²) in [7, 11) is 0. The molecule has 0 aliphatic carbocycles. The number of aliphatic hydroxyl groups excluding tert-OH is 1. The van der Waals surface area contributed by atoms with Gasteiger partial charge in [-0.3, -0.25) is 9.80 Å². The zero-order valence-corrected chi connectivity index (χ0v) is 14.9. The zero-order valence-electron chi connectivity index (χ0n) is 14.9. The molecule has 0 amide bonds. The molecule has 1 aromatic heterocycles. The molecule has 3 rings (SSSR count). The number of halogens is 1. The number of likely N-dealkylation sites (N-methyl/N-ethyl adjacent to an activating group) is 1. The SMILES string of the molecule is CCN(Cc1nnc(C)o1)C1CN(Cc2ccc(F)c(C#N)c2)C[C@H]1O. The van der Waals surface area contributed by atoms with Gasteiger partial charge in [0.2, 0.25) is 11.8 Å². The number of nitrogens with zero attached hydrogens (tertiary/aromatic N) is 5. The quantitative estimate of drug-likeness (QED) is 0.835. The van der Waals surface area contributed by atoms with Crippen LogP contribution in [0.25, 0.3) is 0 Å². The summed E-state index contributed by atoms with van der Waals surface area (Å²) in [6, 6.07) is 6.36. The van der Waals surface area contributed by atoms with Gasteiger partial charge >= 0.3 is 0 Å². The maximum atomic E-state index is 13.5. The highest BCUT2D eigenvalue weighted by Gasteiger charge is 2.35. The van der Waals surface area contributed by atoms with E-state index in [9.17, 15) is 9.50 Å². The molecule has 8 heteroatoms. The molecule has 138 valence electrons. The van der Waals surface area contributed by atoms with Gasteiger partial charge in [0.1, 0.15) is 11.9 Å². The third kappa shape index (κ3) is 4.07. The van der Waals surface area contributed by atoms with Crippen molar-refractivity contribution in [3.63, 3.8) is 0 Å². The molecule has 1 saturated heterocycles.